The normalized spacial score (nSPS) is 11.9. The van der Waals surface area contributed by atoms with Crippen molar-refractivity contribution in [3.63, 3.8) is 0 Å². The summed E-state index contributed by atoms with van der Waals surface area (Å²) in [6, 6.07) is 3.89. The minimum atomic E-state index is 0.266. The molecule has 0 unspecified atom stereocenters. The fourth-order valence-corrected chi connectivity index (χ4v) is 1.40. The zero-order valence-corrected chi connectivity index (χ0v) is 9.88. The first-order chi connectivity index (χ1) is 7.14. The summed E-state index contributed by atoms with van der Waals surface area (Å²) in [5.41, 5.74) is 0.266. The van der Waals surface area contributed by atoms with E-state index in [-0.39, 0.29) is 5.41 Å². The Hall–Kier alpha value is -0.800. The zero-order chi connectivity index (χ0) is 11.1. The Labute approximate surface area is 91.8 Å². The van der Waals surface area contributed by atoms with Gasteiger partial charge in [-0.1, -0.05) is 13.8 Å². The number of methoxy groups -OCH3 is 1. The third kappa shape index (κ3) is 5.00. The molecule has 0 amide bonds. The highest BCUT2D eigenvalue weighted by molar-refractivity contribution is 4.97. The minimum absolute atomic E-state index is 0.266. The Morgan fingerprint density at radius 1 is 1.47 bits per heavy atom. The molecule has 1 rings (SSSR count). The molecule has 0 aliphatic carbocycles. The van der Waals surface area contributed by atoms with Gasteiger partial charge < -0.3 is 14.5 Å². The first kappa shape index (κ1) is 12.3. The lowest BCUT2D eigenvalue weighted by Crippen LogP contribution is -2.30. The Bertz CT molecular complexity index is 255. The van der Waals surface area contributed by atoms with Crippen molar-refractivity contribution >= 4 is 0 Å². The molecule has 86 valence electrons. The number of furan rings is 1. The van der Waals surface area contributed by atoms with Gasteiger partial charge in [-0.3, -0.25) is 0 Å². The number of nitrogens with one attached hydrogen (secondary N) is 1. The SMILES string of the molecule is COCCC(C)(C)CNCc1ccco1. The first-order valence-electron chi connectivity index (χ1n) is 5.36. The van der Waals surface area contributed by atoms with Crippen molar-refractivity contribution in [2.75, 3.05) is 20.3 Å². The lowest BCUT2D eigenvalue weighted by atomic mass is 9.90. The van der Waals surface area contributed by atoms with Crippen molar-refractivity contribution in [1.29, 1.82) is 0 Å². The van der Waals surface area contributed by atoms with E-state index in [4.69, 9.17) is 9.15 Å². The van der Waals surface area contributed by atoms with Crippen LogP contribution in [0.1, 0.15) is 26.0 Å². The van der Waals surface area contributed by atoms with Gasteiger partial charge in [-0.15, -0.1) is 0 Å². The van der Waals surface area contributed by atoms with Crippen LogP contribution >= 0.6 is 0 Å². The summed E-state index contributed by atoms with van der Waals surface area (Å²) < 4.78 is 10.3. The van der Waals surface area contributed by atoms with E-state index in [1.165, 1.54) is 0 Å². The Morgan fingerprint density at radius 2 is 2.27 bits per heavy atom. The fraction of sp³-hybridized carbons (Fsp3) is 0.667. The number of rotatable bonds is 7. The van der Waals surface area contributed by atoms with E-state index < -0.39 is 0 Å². The molecule has 0 atom stereocenters. The molecule has 1 aromatic heterocycles. The summed E-state index contributed by atoms with van der Waals surface area (Å²) in [6.07, 6.45) is 2.77. The van der Waals surface area contributed by atoms with Crippen molar-refractivity contribution in [3.8, 4) is 0 Å². The van der Waals surface area contributed by atoms with Gasteiger partial charge in [-0.05, 0) is 24.0 Å². The van der Waals surface area contributed by atoms with Gasteiger partial charge in [0.05, 0.1) is 12.8 Å². The molecule has 0 aliphatic heterocycles. The predicted octanol–water partition coefficient (Wildman–Crippen LogP) is 2.43. The van der Waals surface area contributed by atoms with Gasteiger partial charge in [0.15, 0.2) is 0 Å². The van der Waals surface area contributed by atoms with Gasteiger partial charge in [-0.25, -0.2) is 0 Å². The highest BCUT2D eigenvalue weighted by Gasteiger charge is 2.16. The molecule has 1 N–H and O–H groups in total. The number of ether oxygens (including phenoxy) is 1. The summed E-state index contributed by atoms with van der Waals surface area (Å²) >= 11 is 0. The van der Waals surface area contributed by atoms with Crippen LogP contribution in [0.2, 0.25) is 0 Å². The van der Waals surface area contributed by atoms with Crippen LogP contribution in [0, 0.1) is 5.41 Å². The van der Waals surface area contributed by atoms with E-state index in [0.717, 1.165) is 31.9 Å². The summed E-state index contributed by atoms with van der Waals surface area (Å²) in [6.45, 7) is 7.05. The molecule has 3 heteroatoms. The topological polar surface area (TPSA) is 34.4 Å². The molecule has 0 saturated carbocycles. The van der Waals surface area contributed by atoms with Crippen LogP contribution in [0.15, 0.2) is 22.8 Å². The molecule has 3 nitrogen and oxygen atoms in total. The van der Waals surface area contributed by atoms with E-state index in [2.05, 4.69) is 19.2 Å². The lowest BCUT2D eigenvalue weighted by molar-refractivity contribution is 0.150. The summed E-state index contributed by atoms with van der Waals surface area (Å²) in [7, 11) is 1.74. The molecule has 1 heterocycles. The Balaban J connectivity index is 2.18. The second kappa shape index (κ2) is 5.93. The third-order valence-electron chi connectivity index (χ3n) is 2.47. The molecule has 0 bridgehead atoms. The summed E-state index contributed by atoms with van der Waals surface area (Å²) in [5, 5.41) is 3.39. The van der Waals surface area contributed by atoms with Gasteiger partial charge >= 0.3 is 0 Å². The summed E-state index contributed by atoms with van der Waals surface area (Å²) in [4.78, 5) is 0. The molecule has 0 aromatic carbocycles. The minimum Gasteiger partial charge on any atom is -0.468 e. The second-order valence-corrected chi connectivity index (χ2v) is 4.59. The monoisotopic (exact) mass is 211 g/mol. The van der Waals surface area contributed by atoms with Crippen LogP contribution in [0.25, 0.3) is 0 Å². The first-order valence-corrected chi connectivity index (χ1v) is 5.36. The maximum absolute atomic E-state index is 5.24. The van der Waals surface area contributed by atoms with Crippen molar-refractivity contribution in [3.05, 3.63) is 24.2 Å². The molecule has 0 aliphatic rings. The van der Waals surface area contributed by atoms with Crippen LogP contribution < -0.4 is 5.32 Å². The van der Waals surface area contributed by atoms with Crippen LogP contribution in [-0.4, -0.2) is 20.3 Å². The van der Waals surface area contributed by atoms with Crippen LogP contribution in [0.4, 0.5) is 0 Å². The lowest BCUT2D eigenvalue weighted by Gasteiger charge is -2.24. The van der Waals surface area contributed by atoms with Crippen molar-refractivity contribution in [2.45, 2.75) is 26.8 Å². The van der Waals surface area contributed by atoms with Gasteiger partial charge in [0.1, 0.15) is 5.76 Å². The molecule has 0 spiro atoms. The Morgan fingerprint density at radius 3 is 2.87 bits per heavy atom. The van der Waals surface area contributed by atoms with Crippen LogP contribution in [0.3, 0.4) is 0 Å². The highest BCUT2D eigenvalue weighted by Crippen LogP contribution is 2.18. The number of hydrogen-bond acceptors (Lipinski definition) is 3. The smallest absolute Gasteiger partial charge is 0.117 e. The molecule has 0 saturated heterocycles. The van der Waals surface area contributed by atoms with Crippen molar-refractivity contribution in [1.82, 2.24) is 5.32 Å². The Kier molecular flexibility index (Phi) is 4.85. The fourth-order valence-electron chi connectivity index (χ4n) is 1.40. The predicted molar refractivity (Wildman–Crippen MR) is 60.7 cm³/mol. The molecular weight excluding hydrogens is 190 g/mol. The van der Waals surface area contributed by atoms with E-state index >= 15 is 0 Å². The van der Waals surface area contributed by atoms with E-state index in [9.17, 15) is 0 Å². The molecule has 0 fully saturated rings. The molecule has 0 radical (unpaired) electrons. The maximum Gasteiger partial charge on any atom is 0.117 e. The third-order valence-corrected chi connectivity index (χ3v) is 2.47. The zero-order valence-electron chi connectivity index (χ0n) is 9.88. The van der Waals surface area contributed by atoms with Crippen LogP contribution in [0.5, 0.6) is 0 Å². The van der Waals surface area contributed by atoms with Gasteiger partial charge in [-0.2, -0.15) is 0 Å². The van der Waals surface area contributed by atoms with Crippen LogP contribution in [-0.2, 0) is 11.3 Å². The van der Waals surface area contributed by atoms with E-state index in [0.29, 0.717) is 0 Å². The van der Waals surface area contributed by atoms with Gasteiger partial charge in [0.2, 0.25) is 0 Å². The average Bonchev–Trinajstić information content (AvgIpc) is 2.67. The molecule has 15 heavy (non-hydrogen) atoms. The number of hydrogen-bond donors (Lipinski definition) is 1. The molecular formula is C12H21NO2. The summed E-state index contributed by atoms with van der Waals surface area (Å²) in [5.74, 6) is 0.984. The van der Waals surface area contributed by atoms with Crippen molar-refractivity contribution < 1.29 is 9.15 Å². The molecule has 1 aromatic rings. The van der Waals surface area contributed by atoms with E-state index in [1.807, 2.05) is 12.1 Å². The maximum atomic E-state index is 5.24. The van der Waals surface area contributed by atoms with Gasteiger partial charge in [0, 0.05) is 20.3 Å². The quantitative estimate of drug-likeness (QED) is 0.752. The van der Waals surface area contributed by atoms with E-state index in [1.54, 1.807) is 13.4 Å². The van der Waals surface area contributed by atoms with Gasteiger partial charge in [0.25, 0.3) is 0 Å². The average molecular weight is 211 g/mol. The standard InChI is InChI=1S/C12H21NO2/c1-12(2,6-8-14-3)10-13-9-11-5-4-7-15-11/h4-5,7,13H,6,8-10H2,1-3H3. The second-order valence-electron chi connectivity index (χ2n) is 4.59. The largest absolute Gasteiger partial charge is 0.468 e. The highest BCUT2D eigenvalue weighted by atomic mass is 16.5. The van der Waals surface area contributed by atoms with Crippen molar-refractivity contribution in [2.24, 2.45) is 5.41 Å².